The number of carboxylic acid groups (broad SMARTS) is 1. The van der Waals surface area contributed by atoms with Gasteiger partial charge >= 0.3 is 5.97 Å². The van der Waals surface area contributed by atoms with Gasteiger partial charge in [-0.15, -0.1) is 0 Å². The number of anilines is 2. The highest BCUT2D eigenvalue weighted by Crippen LogP contribution is 2.21. The number of rotatable bonds is 6. The zero-order valence-electron chi connectivity index (χ0n) is 14.3. The number of carbonyl (C=O) groups is 3. The molecule has 0 spiro atoms. The second-order valence-corrected chi connectivity index (χ2v) is 6.27. The summed E-state index contributed by atoms with van der Waals surface area (Å²) in [6.45, 7) is 2.08. The third kappa shape index (κ3) is 4.27. The standard InChI is InChI=1S/C20H20N2O4/c23-18(14-5-9-17(10-6-14)22-11-1-2-12-22)13-19(24)21-16-7-3-15(4-8-16)20(25)26/h3-10H,1-2,11-13H2,(H,21,24)(H,25,26). The Morgan fingerprint density at radius 2 is 1.46 bits per heavy atom. The van der Waals surface area contributed by atoms with Gasteiger partial charge < -0.3 is 15.3 Å². The van der Waals surface area contributed by atoms with E-state index in [1.165, 1.54) is 37.1 Å². The second-order valence-electron chi connectivity index (χ2n) is 6.27. The van der Waals surface area contributed by atoms with Crippen LogP contribution in [0.2, 0.25) is 0 Å². The molecule has 0 atom stereocenters. The zero-order chi connectivity index (χ0) is 18.5. The first-order valence-corrected chi connectivity index (χ1v) is 8.54. The summed E-state index contributed by atoms with van der Waals surface area (Å²) in [5.41, 5.74) is 2.20. The monoisotopic (exact) mass is 352 g/mol. The Balaban J connectivity index is 1.56. The first-order chi connectivity index (χ1) is 12.5. The molecule has 0 aliphatic carbocycles. The smallest absolute Gasteiger partial charge is 0.335 e. The van der Waals surface area contributed by atoms with Crippen molar-refractivity contribution in [3.63, 3.8) is 0 Å². The van der Waals surface area contributed by atoms with Crippen LogP contribution < -0.4 is 10.2 Å². The van der Waals surface area contributed by atoms with Gasteiger partial charge in [0.2, 0.25) is 5.91 Å². The molecule has 2 aromatic carbocycles. The Bertz CT molecular complexity index is 807. The average Bonchev–Trinajstić information content (AvgIpc) is 3.17. The highest BCUT2D eigenvalue weighted by Gasteiger charge is 2.15. The van der Waals surface area contributed by atoms with Gasteiger partial charge in [0.1, 0.15) is 0 Å². The molecule has 1 aliphatic heterocycles. The Hall–Kier alpha value is -3.15. The summed E-state index contributed by atoms with van der Waals surface area (Å²) in [6.07, 6.45) is 2.12. The van der Waals surface area contributed by atoms with Gasteiger partial charge in [-0.3, -0.25) is 9.59 Å². The van der Waals surface area contributed by atoms with E-state index < -0.39 is 11.9 Å². The van der Waals surface area contributed by atoms with Crippen molar-refractivity contribution in [3.8, 4) is 0 Å². The summed E-state index contributed by atoms with van der Waals surface area (Å²) in [5.74, 6) is -1.71. The number of nitrogens with zero attached hydrogens (tertiary/aromatic N) is 1. The van der Waals surface area contributed by atoms with Crippen molar-refractivity contribution in [3.05, 3.63) is 59.7 Å². The van der Waals surface area contributed by atoms with Crippen molar-refractivity contribution in [1.82, 2.24) is 0 Å². The quantitative estimate of drug-likeness (QED) is 0.616. The Morgan fingerprint density at radius 1 is 0.885 bits per heavy atom. The van der Waals surface area contributed by atoms with E-state index in [1.54, 1.807) is 12.1 Å². The van der Waals surface area contributed by atoms with Crippen LogP contribution in [0.15, 0.2) is 48.5 Å². The molecule has 0 aromatic heterocycles. The normalized spacial score (nSPS) is 13.5. The summed E-state index contributed by atoms with van der Waals surface area (Å²) in [5, 5.41) is 11.5. The molecule has 2 N–H and O–H groups in total. The largest absolute Gasteiger partial charge is 0.478 e. The molecule has 6 nitrogen and oxygen atoms in total. The number of hydrogen-bond donors (Lipinski definition) is 2. The molecule has 0 unspecified atom stereocenters. The van der Waals surface area contributed by atoms with Crippen molar-refractivity contribution in [1.29, 1.82) is 0 Å². The van der Waals surface area contributed by atoms with Gasteiger partial charge in [0, 0.05) is 30.0 Å². The highest BCUT2D eigenvalue weighted by atomic mass is 16.4. The second kappa shape index (κ2) is 7.82. The molecule has 26 heavy (non-hydrogen) atoms. The molecule has 1 saturated heterocycles. The van der Waals surface area contributed by atoms with Crippen LogP contribution in [-0.4, -0.2) is 35.9 Å². The lowest BCUT2D eigenvalue weighted by molar-refractivity contribution is -0.115. The van der Waals surface area contributed by atoms with E-state index in [-0.39, 0.29) is 17.8 Å². The van der Waals surface area contributed by atoms with E-state index in [4.69, 9.17) is 5.11 Å². The number of carboxylic acids is 1. The topological polar surface area (TPSA) is 86.7 Å². The number of amides is 1. The summed E-state index contributed by atoms with van der Waals surface area (Å²) in [4.78, 5) is 37.4. The fraction of sp³-hybridized carbons (Fsp3) is 0.250. The summed E-state index contributed by atoms with van der Waals surface area (Å²) in [7, 11) is 0. The van der Waals surface area contributed by atoms with Gasteiger partial charge in [0.15, 0.2) is 5.78 Å². The number of hydrogen-bond acceptors (Lipinski definition) is 4. The summed E-state index contributed by atoms with van der Waals surface area (Å²) < 4.78 is 0. The van der Waals surface area contributed by atoms with Gasteiger partial charge in [0.05, 0.1) is 12.0 Å². The van der Waals surface area contributed by atoms with Crippen molar-refractivity contribution in [2.45, 2.75) is 19.3 Å². The molecule has 6 heteroatoms. The van der Waals surface area contributed by atoms with Crippen LogP contribution in [0.25, 0.3) is 0 Å². The molecular formula is C20H20N2O4. The van der Waals surface area contributed by atoms with Crippen molar-refractivity contribution < 1.29 is 19.5 Å². The third-order valence-corrected chi connectivity index (χ3v) is 4.40. The molecule has 1 aliphatic rings. The van der Waals surface area contributed by atoms with E-state index >= 15 is 0 Å². The minimum absolute atomic E-state index is 0.136. The fourth-order valence-electron chi connectivity index (χ4n) is 2.98. The van der Waals surface area contributed by atoms with Crippen LogP contribution >= 0.6 is 0 Å². The SMILES string of the molecule is O=C(CC(=O)c1ccc(N2CCCC2)cc1)Nc1ccc(C(=O)O)cc1. The Labute approximate surface area is 151 Å². The average molecular weight is 352 g/mol. The van der Waals surface area contributed by atoms with Crippen molar-refractivity contribution in [2.75, 3.05) is 23.3 Å². The molecule has 1 amide bonds. The number of nitrogens with one attached hydrogen (secondary N) is 1. The van der Waals surface area contributed by atoms with Crippen LogP contribution in [-0.2, 0) is 4.79 Å². The summed E-state index contributed by atoms with van der Waals surface area (Å²) in [6, 6.07) is 13.1. The molecule has 1 fully saturated rings. The van der Waals surface area contributed by atoms with E-state index in [9.17, 15) is 14.4 Å². The molecular weight excluding hydrogens is 332 g/mol. The van der Waals surface area contributed by atoms with Gasteiger partial charge in [0.25, 0.3) is 0 Å². The first-order valence-electron chi connectivity index (χ1n) is 8.54. The maximum atomic E-state index is 12.3. The van der Waals surface area contributed by atoms with Gasteiger partial charge in [-0.25, -0.2) is 4.79 Å². The van der Waals surface area contributed by atoms with Crippen molar-refractivity contribution in [2.24, 2.45) is 0 Å². The lowest BCUT2D eigenvalue weighted by Crippen LogP contribution is -2.18. The number of aromatic carboxylic acids is 1. The van der Waals surface area contributed by atoms with Crippen molar-refractivity contribution >= 4 is 29.0 Å². The fourth-order valence-corrected chi connectivity index (χ4v) is 2.98. The molecule has 0 saturated carbocycles. The zero-order valence-corrected chi connectivity index (χ0v) is 14.3. The molecule has 0 bridgehead atoms. The predicted octanol–water partition coefficient (Wildman–Crippen LogP) is 3.20. The van der Waals surface area contributed by atoms with Crippen LogP contribution in [0.5, 0.6) is 0 Å². The lowest BCUT2D eigenvalue weighted by atomic mass is 10.1. The maximum absolute atomic E-state index is 12.3. The van der Waals surface area contributed by atoms with Crippen LogP contribution in [0.4, 0.5) is 11.4 Å². The number of Topliss-reactive ketones (excluding diaryl/α,β-unsaturated/α-hetero) is 1. The van der Waals surface area contributed by atoms with Gasteiger partial charge in [-0.1, -0.05) is 0 Å². The van der Waals surface area contributed by atoms with Crippen LogP contribution in [0.1, 0.15) is 40.0 Å². The number of ketones is 1. The Morgan fingerprint density at radius 3 is 2.04 bits per heavy atom. The number of carbonyl (C=O) groups excluding carboxylic acids is 2. The third-order valence-electron chi connectivity index (χ3n) is 4.40. The molecule has 134 valence electrons. The molecule has 2 aromatic rings. The minimum atomic E-state index is -1.03. The van der Waals surface area contributed by atoms with Gasteiger partial charge in [-0.2, -0.15) is 0 Å². The number of benzene rings is 2. The lowest BCUT2D eigenvalue weighted by Gasteiger charge is -2.17. The van der Waals surface area contributed by atoms with Crippen LogP contribution in [0, 0.1) is 0 Å². The van der Waals surface area contributed by atoms with Gasteiger partial charge in [-0.05, 0) is 61.4 Å². The first kappa shape index (κ1) is 17.7. The maximum Gasteiger partial charge on any atom is 0.335 e. The summed E-state index contributed by atoms with van der Waals surface area (Å²) >= 11 is 0. The van der Waals surface area contributed by atoms with E-state index in [2.05, 4.69) is 10.2 Å². The highest BCUT2D eigenvalue weighted by molar-refractivity contribution is 6.11. The van der Waals surface area contributed by atoms with Crippen LogP contribution in [0.3, 0.4) is 0 Å². The van der Waals surface area contributed by atoms with E-state index in [1.807, 2.05) is 12.1 Å². The Kier molecular flexibility index (Phi) is 5.31. The molecule has 3 rings (SSSR count). The van der Waals surface area contributed by atoms with E-state index in [0.29, 0.717) is 11.3 Å². The predicted molar refractivity (Wildman–Crippen MR) is 98.9 cm³/mol. The molecule has 1 heterocycles. The van der Waals surface area contributed by atoms with E-state index in [0.717, 1.165) is 18.8 Å². The molecule has 0 radical (unpaired) electrons. The minimum Gasteiger partial charge on any atom is -0.478 e.